The highest BCUT2D eigenvalue weighted by Crippen LogP contribution is 2.17. The number of urea groups is 1. The highest BCUT2D eigenvalue weighted by atomic mass is 19.1. The molecular weight excluding hydrogens is 309 g/mol. The molecule has 2 aromatic rings. The number of halogens is 1. The van der Waals surface area contributed by atoms with Gasteiger partial charge in [0.15, 0.2) is 0 Å². The Labute approximate surface area is 140 Å². The Balaban J connectivity index is 2.17. The summed E-state index contributed by atoms with van der Waals surface area (Å²) in [5.74, 6) is -0.805. The minimum absolute atomic E-state index is 0.0576. The Bertz CT molecular complexity index is 732. The number of anilines is 1. The van der Waals surface area contributed by atoms with Gasteiger partial charge in [-0.1, -0.05) is 36.4 Å². The fraction of sp³-hybridized carbons (Fsp3) is 0.222. The van der Waals surface area contributed by atoms with E-state index in [9.17, 15) is 14.0 Å². The zero-order valence-corrected chi connectivity index (χ0v) is 13.8. The van der Waals surface area contributed by atoms with Crippen LogP contribution >= 0.6 is 0 Å². The number of likely N-dealkylation sites (N-methyl/N-ethyl adjacent to an activating group) is 1. The molecule has 2 aromatic carbocycles. The highest BCUT2D eigenvalue weighted by Gasteiger charge is 2.24. The molecule has 0 saturated carbocycles. The molecule has 0 aromatic heterocycles. The van der Waals surface area contributed by atoms with Crippen molar-refractivity contribution in [1.82, 2.24) is 10.2 Å². The van der Waals surface area contributed by atoms with Crippen molar-refractivity contribution in [1.29, 1.82) is 0 Å². The van der Waals surface area contributed by atoms with Crippen LogP contribution in [0, 0.1) is 12.7 Å². The molecule has 0 radical (unpaired) electrons. The Morgan fingerprint density at radius 3 is 2.33 bits per heavy atom. The van der Waals surface area contributed by atoms with Gasteiger partial charge in [0.2, 0.25) is 5.91 Å². The molecule has 0 aliphatic rings. The normalized spacial score (nSPS) is 11.5. The van der Waals surface area contributed by atoms with E-state index < -0.39 is 17.9 Å². The van der Waals surface area contributed by atoms with Crippen LogP contribution in [0.25, 0.3) is 0 Å². The number of benzene rings is 2. The third-order valence-corrected chi connectivity index (χ3v) is 3.47. The highest BCUT2D eigenvalue weighted by molar-refractivity contribution is 5.94. The SMILES string of the molecule is Cc1ccc(NC(=O)NC(C(=O)N(C)C)c2ccccc2)c(F)c1. The van der Waals surface area contributed by atoms with Gasteiger partial charge < -0.3 is 15.5 Å². The summed E-state index contributed by atoms with van der Waals surface area (Å²) in [5.41, 5.74) is 1.46. The summed E-state index contributed by atoms with van der Waals surface area (Å²) in [4.78, 5) is 25.9. The number of nitrogens with zero attached hydrogens (tertiary/aromatic N) is 1. The van der Waals surface area contributed by atoms with E-state index in [1.165, 1.54) is 17.0 Å². The fourth-order valence-electron chi connectivity index (χ4n) is 2.20. The van der Waals surface area contributed by atoms with E-state index in [0.717, 1.165) is 5.56 Å². The van der Waals surface area contributed by atoms with E-state index in [2.05, 4.69) is 10.6 Å². The van der Waals surface area contributed by atoms with Crippen LogP contribution in [0.2, 0.25) is 0 Å². The van der Waals surface area contributed by atoms with Gasteiger partial charge >= 0.3 is 6.03 Å². The first kappa shape index (κ1) is 17.5. The monoisotopic (exact) mass is 329 g/mol. The molecule has 1 unspecified atom stereocenters. The topological polar surface area (TPSA) is 61.4 Å². The van der Waals surface area contributed by atoms with E-state index in [1.807, 2.05) is 6.07 Å². The third-order valence-electron chi connectivity index (χ3n) is 3.47. The zero-order valence-electron chi connectivity index (χ0n) is 13.8. The fourth-order valence-corrected chi connectivity index (χ4v) is 2.20. The summed E-state index contributed by atoms with van der Waals surface area (Å²) < 4.78 is 13.8. The molecule has 6 heteroatoms. The number of carbonyl (C=O) groups excluding carboxylic acids is 2. The molecule has 0 heterocycles. The van der Waals surface area contributed by atoms with Gasteiger partial charge in [0.1, 0.15) is 11.9 Å². The maximum Gasteiger partial charge on any atom is 0.320 e. The summed E-state index contributed by atoms with van der Waals surface area (Å²) in [6.07, 6.45) is 0. The average Bonchev–Trinajstić information content (AvgIpc) is 2.55. The van der Waals surface area contributed by atoms with Gasteiger partial charge in [-0.3, -0.25) is 4.79 Å². The minimum atomic E-state index is -0.852. The van der Waals surface area contributed by atoms with Crippen molar-refractivity contribution >= 4 is 17.6 Å². The standard InChI is InChI=1S/C18H20FN3O2/c1-12-9-10-15(14(19)11-12)20-18(24)21-16(17(23)22(2)3)13-7-5-4-6-8-13/h4-11,16H,1-3H3,(H2,20,21,24). The Morgan fingerprint density at radius 2 is 1.75 bits per heavy atom. The number of hydrogen-bond acceptors (Lipinski definition) is 2. The molecule has 0 saturated heterocycles. The third kappa shape index (κ3) is 4.32. The van der Waals surface area contributed by atoms with Crippen molar-refractivity contribution in [2.24, 2.45) is 0 Å². The lowest BCUT2D eigenvalue weighted by Gasteiger charge is -2.22. The summed E-state index contributed by atoms with van der Waals surface area (Å²) in [7, 11) is 3.22. The number of carbonyl (C=O) groups is 2. The van der Waals surface area contributed by atoms with Gasteiger partial charge in [-0.05, 0) is 30.2 Å². The summed E-state index contributed by atoms with van der Waals surface area (Å²) in [6.45, 7) is 1.76. The molecule has 126 valence electrons. The number of aryl methyl sites for hydroxylation is 1. The molecule has 0 spiro atoms. The van der Waals surface area contributed by atoms with Crippen LogP contribution in [-0.2, 0) is 4.79 Å². The molecule has 3 amide bonds. The van der Waals surface area contributed by atoms with Crippen LogP contribution in [0.1, 0.15) is 17.2 Å². The van der Waals surface area contributed by atoms with Crippen molar-refractivity contribution in [3.63, 3.8) is 0 Å². The molecular formula is C18H20FN3O2. The lowest BCUT2D eigenvalue weighted by Crippen LogP contribution is -2.41. The molecule has 0 aliphatic carbocycles. The van der Waals surface area contributed by atoms with Gasteiger partial charge in [0.25, 0.3) is 0 Å². The van der Waals surface area contributed by atoms with Crippen molar-refractivity contribution in [3.05, 3.63) is 65.5 Å². The number of nitrogens with one attached hydrogen (secondary N) is 2. The van der Waals surface area contributed by atoms with Crippen LogP contribution in [0.3, 0.4) is 0 Å². The molecule has 2 rings (SSSR count). The Kier molecular flexibility index (Phi) is 5.52. The smallest absolute Gasteiger partial charge is 0.320 e. The van der Waals surface area contributed by atoms with Crippen molar-refractivity contribution in [2.45, 2.75) is 13.0 Å². The molecule has 0 aliphatic heterocycles. The van der Waals surface area contributed by atoms with Crippen LogP contribution in [-0.4, -0.2) is 30.9 Å². The molecule has 0 bridgehead atoms. The predicted molar refractivity (Wildman–Crippen MR) is 91.2 cm³/mol. The first-order valence-electron chi connectivity index (χ1n) is 7.48. The van der Waals surface area contributed by atoms with E-state index in [1.54, 1.807) is 51.4 Å². The van der Waals surface area contributed by atoms with Crippen LogP contribution in [0.4, 0.5) is 14.9 Å². The summed E-state index contributed by atoms with van der Waals surface area (Å²) >= 11 is 0. The second-order valence-electron chi connectivity index (χ2n) is 5.66. The van der Waals surface area contributed by atoms with Crippen molar-refractivity contribution in [2.75, 3.05) is 19.4 Å². The zero-order chi connectivity index (χ0) is 17.7. The summed E-state index contributed by atoms with van der Waals surface area (Å²) in [5, 5.41) is 5.03. The predicted octanol–water partition coefficient (Wildman–Crippen LogP) is 3.09. The first-order chi connectivity index (χ1) is 11.4. The first-order valence-corrected chi connectivity index (χ1v) is 7.48. The van der Waals surface area contributed by atoms with E-state index in [-0.39, 0.29) is 11.6 Å². The van der Waals surface area contributed by atoms with E-state index in [0.29, 0.717) is 5.56 Å². The molecule has 2 N–H and O–H groups in total. The van der Waals surface area contributed by atoms with Gasteiger partial charge in [-0.2, -0.15) is 0 Å². The molecule has 0 fully saturated rings. The van der Waals surface area contributed by atoms with Crippen molar-refractivity contribution in [3.8, 4) is 0 Å². The maximum absolute atomic E-state index is 13.8. The lowest BCUT2D eigenvalue weighted by atomic mass is 10.1. The maximum atomic E-state index is 13.8. The molecule has 1 atom stereocenters. The number of rotatable bonds is 4. The van der Waals surface area contributed by atoms with E-state index >= 15 is 0 Å². The van der Waals surface area contributed by atoms with Crippen LogP contribution < -0.4 is 10.6 Å². The number of amides is 3. The summed E-state index contributed by atoms with van der Waals surface area (Å²) in [6, 6.07) is 11.9. The lowest BCUT2D eigenvalue weighted by molar-refractivity contribution is -0.130. The van der Waals surface area contributed by atoms with Crippen molar-refractivity contribution < 1.29 is 14.0 Å². The minimum Gasteiger partial charge on any atom is -0.347 e. The average molecular weight is 329 g/mol. The Morgan fingerprint density at radius 1 is 1.08 bits per heavy atom. The molecule has 24 heavy (non-hydrogen) atoms. The largest absolute Gasteiger partial charge is 0.347 e. The van der Waals surface area contributed by atoms with Gasteiger partial charge in [-0.25, -0.2) is 9.18 Å². The van der Waals surface area contributed by atoms with Gasteiger partial charge in [0, 0.05) is 14.1 Å². The van der Waals surface area contributed by atoms with Gasteiger partial charge in [-0.15, -0.1) is 0 Å². The Hall–Kier alpha value is -2.89. The van der Waals surface area contributed by atoms with Crippen LogP contribution in [0.5, 0.6) is 0 Å². The number of hydrogen-bond donors (Lipinski definition) is 2. The quantitative estimate of drug-likeness (QED) is 0.905. The second-order valence-corrected chi connectivity index (χ2v) is 5.66. The second kappa shape index (κ2) is 7.59. The molecule has 5 nitrogen and oxygen atoms in total. The van der Waals surface area contributed by atoms with Crippen LogP contribution in [0.15, 0.2) is 48.5 Å². The van der Waals surface area contributed by atoms with Gasteiger partial charge in [0.05, 0.1) is 5.69 Å². The van der Waals surface area contributed by atoms with E-state index in [4.69, 9.17) is 0 Å².